The minimum Gasteiger partial charge on any atom is -0.508 e. The van der Waals surface area contributed by atoms with E-state index in [0.717, 1.165) is 33.4 Å². The lowest BCUT2D eigenvalue weighted by Crippen LogP contribution is -1.80. The van der Waals surface area contributed by atoms with Crippen molar-refractivity contribution < 1.29 is 9.52 Å². The van der Waals surface area contributed by atoms with Gasteiger partial charge < -0.3 is 9.52 Å². The van der Waals surface area contributed by atoms with Crippen LogP contribution in [0.4, 0.5) is 0 Å². The summed E-state index contributed by atoms with van der Waals surface area (Å²) in [5, 5.41) is 10.8. The molecule has 0 bridgehead atoms. The van der Waals surface area contributed by atoms with Crippen molar-refractivity contribution in [3.63, 3.8) is 0 Å². The monoisotopic (exact) mass is 284 g/mol. The van der Waals surface area contributed by atoms with Gasteiger partial charge in [0.1, 0.15) is 17.1 Å². The van der Waals surface area contributed by atoms with Crippen LogP contribution in [0.1, 0.15) is 37.7 Å². The zero-order valence-electron chi connectivity index (χ0n) is 13.5. The van der Waals surface area contributed by atoms with Gasteiger partial charge in [-0.2, -0.15) is 0 Å². The van der Waals surface area contributed by atoms with Crippen LogP contribution in [0.5, 0.6) is 5.75 Å². The Hall–Kier alpha value is -2.22. The minimum atomic E-state index is 0.298. The molecule has 0 radical (unpaired) electrons. The van der Waals surface area contributed by atoms with Gasteiger partial charge in [-0.3, -0.25) is 0 Å². The van der Waals surface area contributed by atoms with Gasteiger partial charge in [-0.05, 0) is 38.5 Å². The number of benzene rings is 1. The molecule has 0 atom stereocenters. The topological polar surface area (TPSA) is 33.4 Å². The van der Waals surface area contributed by atoms with E-state index in [2.05, 4.69) is 6.58 Å². The lowest BCUT2D eigenvalue weighted by molar-refractivity contribution is 0.471. The molecule has 0 aliphatic heterocycles. The summed E-state index contributed by atoms with van der Waals surface area (Å²) in [6.07, 6.45) is 7.57. The summed E-state index contributed by atoms with van der Waals surface area (Å²) in [5.41, 5.74) is 3.66. The molecule has 112 valence electrons. The lowest BCUT2D eigenvalue weighted by Gasteiger charge is -1.98. The zero-order chi connectivity index (χ0) is 16.0. The third-order valence-electron chi connectivity index (χ3n) is 3.24. The van der Waals surface area contributed by atoms with Crippen LogP contribution in [0.2, 0.25) is 0 Å². The Kier molecular flexibility index (Phi) is 6.04. The highest BCUT2D eigenvalue weighted by molar-refractivity contribution is 5.89. The highest BCUT2D eigenvalue weighted by Crippen LogP contribution is 2.34. The fourth-order valence-electron chi connectivity index (χ4n) is 2.11. The fourth-order valence-corrected chi connectivity index (χ4v) is 2.11. The number of hydrogen-bond acceptors (Lipinski definition) is 2. The Morgan fingerprint density at radius 3 is 2.48 bits per heavy atom. The predicted molar refractivity (Wildman–Crippen MR) is 91.7 cm³/mol. The van der Waals surface area contributed by atoms with Gasteiger partial charge in [0.25, 0.3) is 0 Å². The van der Waals surface area contributed by atoms with Gasteiger partial charge >= 0.3 is 0 Å². The van der Waals surface area contributed by atoms with Gasteiger partial charge in [-0.1, -0.05) is 44.7 Å². The van der Waals surface area contributed by atoms with Crippen molar-refractivity contribution in [2.75, 3.05) is 0 Å². The summed E-state index contributed by atoms with van der Waals surface area (Å²) in [4.78, 5) is 0. The van der Waals surface area contributed by atoms with Crippen LogP contribution in [0.15, 0.2) is 47.4 Å². The van der Waals surface area contributed by atoms with Crippen LogP contribution in [-0.2, 0) is 0 Å². The Balaban J connectivity index is 0.00000106. The molecule has 0 unspecified atom stereocenters. The Morgan fingerprint density at radius 2 is 1.90 bits per heavy atom. The quantitative estimate of drug-likeness (QED) is 0.709. The lowest BCUT2D eigenvalue weighted by atomic mass is 10.1. The van der Waals surface area contributed by atoms with Crippen molar-refractivity contribution >= 4 is 16.5 Å². The summed E-state index contributed by atoms with van der Waals surface area (Å²) in [6, 6.07) is 3.63. The molecule has 1 heterocycles. The summed E-state index contributed by atoms with van der Waals surface area (Å²) < 4.78 is 5.92. The van der Waals surface area contributed by atoms with Gasteiger partial charge in [0.15, 0.2) is 0 Å². The number of furan rings is 1. The summed E-state index contributed by atoms with van der Waals surface area (Å²) in [5.74, 6) is 1.13. The number of hydrogen-bond donors (Lipinski definition) is 1. The van der Waals surface area contributed by atoms with Crippen molar-refractivity contribution in [2.24, 2.45) is 0 Å². The molecular weight excluding hydrogens is 260 g/mol. The highest BCUT2D eigenvalue weighted by Gasteiger charge is 2.14. The molecule has 21 heavy (non-hydrogen) atoms. The molecule has 0 amide bonds. The molecule has 2 aromatic rings. The van der Waals surface area contributed by atoms with Gasteiger partial charge in [0.05, 0.1) is 0 Å². The molecule has 1 N–H and O–H groups in total. The van der Waals surface area contributed by atoms with Crippen molar-refractivity contribution in [1.29, 1.82) is 0 Å². The fraction of sp³-hybridized carbons (Fsp3) is 0.263. The van der Waals surface area contributed by atoms with Crippen molar-refractivity contribution in [3.8, 4) is 5.75 Å². The number of aryl methyl sites for hydroxylation is 2. The van der Waals surface area contributed by atoms with Crippen molar-refractivity contribution in [2.45, 2.75) is 34.6 Å². The van der Waals surface area contributed by atoms with Crippen LogP contribution in [0.3, 0.4) is 0 Å². The molecule has 0 spiro atoms. The molecule has 2 heteroatoms. The second kappa shape index (κ2) is 7.53. The smallest absolute Gasteiger partial charge is 0.137 e. The summed E-state index contributed by atoms with van der Waals surface area (Å²) in [6.45, 7) is 13.5. The third kappa shape index (κ3) is 3.46. The SMILES string of the molecule is C=C/C=C\C(=C/C)c1oc2cc(C)c(O)cc2c1C.CC. The Labute approximate surface area is 127 Å². The first-order valence-electron chi connectivity index (χ1n) is 7.27. The van der Waals surface area contributed by atoms with E-state index < -0.39 is 0 Å². The molecule has 2 nitrogen and oxygen atoms in total. The maximum absolute atomic E-state index is 9.80. The third-order valence-corrected chi connectivity index (χ3v) is 3.24. The van der Waals surface area contributed by atoms with Crippen LogP contribution in [0.25, 0.3) is 16.5 Å². The summed E-state index contributed by atoms with van der Waals surface area (Å²) >= 11 is 0. The van der Waals surface area contributed by atoms with Gasteiger partial charge in [-0.15, -0.1) is 0 Å². The Morgan fingerprint density at radius 1 is 1.24 bits per heavy atom. The van der Waals surface area contributed by atoms with E-state index in [0.29, 0.717) is 5.75 Å². The Bertz CT molecular complexity index is 685. The minimum absolute atomic E-state index is 0.298. The highest BCUT2D eigenvalue weighted by atomic mass is 16.3. The first kappa shape index (κ1) is 16.8. The average molecular weight is 284 g/mol. The van der Waals surface area contributed by atoms with E-state index in [1.807, 2.05) is 58.9 Å². The van der Waals surface area contributed by atoms with Crippen LogP contribution < -0.4 is 0 Å². The zero-order valence-corrected chi connectivity index (χ0v) is 13.5. The second-order valence-corrected chi connectivity index (χ2v) is 4.53. The molecule has 0 saturated carbocycles. The molecule has 0 fully saturated rings. The van der Waals surface area contributed by atoms with Crippen molar-refractivity contribution in [3.05, 3.63) is 59.9 Å². The first-order chi connectivity index (χ1) is 10.1. The van der Waals surface area contributed by atoms with Crippen molar-refractivity contribution in [1.82, 2.24) is 0 Å². The van der Waals surface area contributed by atoms with E-state index in [1.54, 1.807) is 12.1 Å². The van der Waals surface area contributed by atoms with E-state index in [9.17, 15) is 5.11 Å². The number of phenolic OH excluding ortho intramolecular Hbond substituents is 1. The molecule has 1 aromatic heterocycles. The molecular formula is C19H24O2. The average Bonchev–Trinajstić information content (AvgIpc) is 2.80. The van der Waals surface area contributed by atoms with Gasteiger partial charge in [-0.25, -0.2) is 0 Å². The largest absolute Gasteiger partial charge is 0.508 e. The number of allylic oxidation sites excluding steroid dienone is 5. The molecule has 0 aliphatic carbocycles. The van der Waals surface area contributed by atoms with Crippen LogP contribution in [-0.4, -0.2) is 5.11 Å². The molecule has 0 saturated heterocycles. The second-order valence-electron chi connectivity index (χ2n) is 4.53. The predicted octanol–water partition coefficient (Wildman–Crippen LogP) is 5.93. The molecule has 2 rings (SSSR count). The van der Waals surface area contributed by atoms with Crippen LogP contribution >= 0.6 is 0 Å². The standard InChI is InChI=1S/C17H18O2.C2H6/c1-5-7-8-13(6-2)17-12(4)14-10-15(18)11(3)9-16(14)19-17;1-2/h5-10,18H,1H2,2-4H3;1-2H3/b8-7-,13-6+;. The van der Waals surface area contributed by atoms with Gasteiger partial charge in [0, 0.05) is 16.5 Å². The van der Waals surface area contributed by atoms with E-state index in [4.69, 9.17) is 4.42 Å². The number of fused-ring (bicyclic) bond motifs is 1. The maximum Gasteiger partial charge on any atom is 0.137 e. The number of rotatable bonds is 3. The van der Waals surface area contributed by atoms with Crippen LogP contribution in [0, 0.1) is 13.8 Å². The van der Waals surface area contributed by atoms with E-state index >= 15 is 0 Å². The molecule has 0 aliphatic rings. The molecule has 1 aromatic carbocycles. The van der Waals surface area contributed by atoms with E-state index in [-0.39, 0.29) is 0 Å². The van der Waals surface area contributed by atoms with E-state index in [1.165, 1.54) is 0 Å². The number of phenols is 1. The van der Waals surface area contributed by atoms with Gasteiger partial charge in [0.2, 0.25) is 0 Å². The summed E-state index contributed by atoms with van der Waals surface area (Å²) in [7, 11) is 0. The maximum atomic E-state index is 9.80. The first-order valence-corrected chi connectivity index (χ1v) is 7.27. The normalized spacial score (nSPS) is 11.6. The number of aromatic hydroxyl groups is 1.